The number of hydrogen-bond acceptors (Lipinski definition) is 2. The van der Waals surface area contributed by atoms with Gasteiger partial charge in [0.15, 0.2) is 7.37 Å². The lowest BCUT2D eigenvalue weighted by Crippen LogP contribution is -2.50. The summed E-state index contributed by atoms with van der Waals surface area (Å²) in [6.07, 6.45) is -8.47. The van der Waals surface area contributed by atoms with Gasteiger partial charge >= 0.3 is 23.7 Å². The number of nitrogens with zero attached hydrogens (tertiary/aromatic N) is 1. The third-order valence-electron chi connectivity index (χ3n) is 2.11. The van der Waals surface area contributed by atoms with Crippen LogP contribution in [0.5, 0.6) is 0 Å². The molecule has 15 heteroatoms. The molecule has 1 N–H and O–H groups in total. The van der Waals surface area contributed by atoms with Crippen LogP contribution in [0.2, 0.25) is 0 Å². The quantitative estimate of drug-likeness (QED) is 0.485. The number of alkyl halides is 10. The second-order valence-corrected chi connectivity index (χ2v) is 6.13. The van der Waals surface area contributed by atoms with E-state index in [9.17, 15) is 53.4 Å². The average Bonchev–Trinajstić information content (AvgIpc) is 2.77. The van der Waals surface area contributed by atoms with Crippen LogP contribution in [0.3, 0.4) is 0 Å². The normalized spacial score (nSPS) is 14.3. The second kappa shape index (κ2) is 6.30. The van der Waals surface area contributed by atoms with Gasteiger partial charge in [0.25, 0.3) is 0 Å². The summed E-state index contributed by atoms with van der Waals surface area (Å²) >= 11 is 0. The van der Waals surface area contributed by atoms with Gasteiger partial charge < -0.3 is 9.46 Å². The predicted molar refractivity (Wildman–Crippen MR) is 51.6 cm³/mol. The highest BCUT2D eigenvalue weighted by molar-refractivity contribution is 7.59. The fourth-order valence-electron chi connectivity index (χ4n) is 0.874. The Morgan fingerprint density at radius 3 is 1.39 bits per heavy atom. The molecule has 1 rings (SSSR count). The van der Waals surface area contributed by atoms with Gasteiger partial charge in [-0.2, -0.15) is 43.9 Å². The monoisotopic (exact) mass is 384 g/mol. The Hall–Kier alpha value is -1.30. The average molecular weight is 384 g/mol. The molecule has 0 fully saturated rings. The lowest BCUT2D eigenvalue weighted by atomic mass is 10.7. The second-order valence-electron chi connectivity index (χ2n) is 3.91. The maximum absolute atomic E-state index is 12.1. The predicted octanol–water partition coefficient (Wildman–Crippen LogP) is 2.77. The van der Waals surface area contributed by atoms with E-state index in [0.717, 1.165) is 0 Å². The summed E-state index contributed by atoms with van der Waals surface area (Å²) < 4.78 is 129. The molecule has 1 heterocycles. The van der Waals surface area contributed by atoms with Crippen molar-refractivity contribution in [3.63, 3.8) is 0 Å². The number of rotatable bonds is 2. The van der Waals surface area contributed by atoms with Crippen molar-refractivity contribution in [2.75, 3.05) is 0 Å². The van der Waals surface area contributed by atoms with E-state index in [2.05, 4.69) is 4.98 Å². The van der Waals surface area contributed by atoms with Crippen molar-refractivity contribution in [1.29, 1.82) is 0 Å². The lowest BCUT2D eigenvalue weighted by Gasteiger charge is -2.38. The minimum absolute atomic E-state index is 1.88. The summed E-state index contributed by atoms with van der Waals surface area (Å²) in [5.74, 6) is 0. The number of aromatic nitrogens is 2. The first kappa shape index (κ1) is 21.7. The van der Waals surface area contributed by atoms with Crippen molar-refractivity contribution >= 4 is 7.37 Å². The Morgan fingerprint density at radius 1 is 0.913 bits per heavy atom. The van der Waals surface area contributed by atoms with Gasteiger partial charge in [-0.1, -0.05) is 0 Å². The molecule has 0 aromatic carbocycles. The molecule has 0 unspecified atom stereocenters. The number of aromatic amines is 1. The molecule has 0 aliphatic heterocycles. The summed E-state index contributed by atoms with van der Waals surface area (Å²) in [6.45, 7) is 0. The molecular formula is C8H7F10N2O2P. The summed E-state index contributed by atoms with van der Waals surface area (Å²) in [5.41, 5.74) is -14.4. The van der Waals surface area contributed by atoms with Crippen molar-refractivity contribution in [3.05, 3.63) is 18.7 Å². The number of imidazole rings is 1. The largest absolute Gasteiger partial charge is 0.790 e. The molecular weight excluding hydrogens is 377 g/mol. The minimum atomic E-state index is -8.51. The van der Waals surface area contributed by atoms with Crippen molar-refractivity contribution < 1.29 is 57.9 Å². The van der Waals surface area contributed by atoms with Crippen LogP contribution in [0.25, 0.3) is 0 Å². The Morgan fingerprint density at radius 2 is 1.26 bits per heavy atom. The Bertz CT molecular complexity index is 520. The van der Waals surface area contributed by atoms with E-state index in [1.807, 2.05) is 30.3 Å². The zero-order valence-corrected chi connectivity index (χ0v) is 11.6. The first-order valence-electron chi connectivity index (χ1n) is 5.08. The van der Waals surface area contributed by atoms with Gasteiger partial charge in [-0.25, -0.2) is 4.57 Å². The molecule has 0 aliphatic carbocycles. The van der Waals surface area contributed by atoms with Gasteiger partial charge in [-0.15, -0.1) is 0 Å². The molecule has 4 nitrogen and oxygen atoms in total. The zero-order chi connectivity index (χ0) is 18.9. The fraction of sp³-hybridized carbons (Fsp3) is 0.625. The van der Waals surface area contributed by atoms with E-state index in [1.54, 1.807) is 0 Å². The number of hydrogen-bond donors (Lipinski definition) is 1. The maximum atomic E-state index is 12.1. The molecule has 1 aromatic heterocycles. The van der Waals surface area contributed by atoms with Crippen molar-refractivity contribution in [3.8, 4) is 0 Å². The van der Waals surface area contributed by atoms with E-state index in [-0.39, 0.29) is 0 Å². The highest BCUT2D eigenvalue weighted by Gasteiger charge is 2.78. The number of nitrogens with one attached hydrogen (secondary N) is 1. The van der Waals surface area contributed by atoms with Crippen LogP contribution in [0.1, 0.15) is 0 Å². The van der Waals surface area contributed by atoms with Crippen LogP contribution in [0.4, 0.5) is 43.9 Å². The number of aryl methyl sites for hydroxylation is 1. The first-order valence-corrected chi connectivity index (χ1v) is 6.70. The fourth-order valence-corrected chi connectivity index (χ4v) is 1.89. The highest BCUT2D eigenvalue weighted by Crippen LogP contribution is 2.72. The summed E-state index contributed by atoms with van der Waals surface area (Å²) in [5, 5.41) is 0. The minimum Gasteiger partial charge on any atom is -0.790 e. The van der Waals surface area contributed by atoms with E-state index < -0.39 is 31.0 Å². The Kier molecular flexibility index (Phi) is 5.95. The summed E-state index contributed by atoms with van der Waals surface area (Å²) in [7, 11) is -6.54. The molecule has 0 bridgehead atoms. The molecule has 1 aromatic rings. The molecule has 136 valence electrons. The molecule has 0 radical (unpaired) electrons. The highest BCUT2D eigenvalue weighted by atomic mass is 31.2. The van der Waals surface area contributed by atoms with Crippen molar-refractivity contribution in [1.82, 2.24) is 4.98 Å². The van der Waals surface area contributed by atoms with Gasteiger partial charge in [0, 0.05) is 0 Å². The van der Waals surface area contributed by atoms with Crippen LogP contribution in [-0.2, 0) is 11.6 Å². The van der Waals surface area contributed by atoms with Crippen molar-refractivity contribution in [2.45, 2.75) is 23.7 Å². The molecule has 0 aliphatic rings. The van der Waals surface area contributed by atoms with Crippen LogP contribution in [0, 0.1) is 0 Å². The van der Waals surface area contributed by atoms with Gasteiger partial charge in [0.1, 0.15) is 12.4 Å². The van der Waals surface area contributed by atoms with E-state index in [4.69, 9.17) is 0 Å². The van der Waals surface area contributed by atoms with Crippen LogP contribution >= 0.6 is 7.37 Å². The smallest absolute Gasteiger partial charge is 0.459 e. The molecule has 0 saturated carbocycles. The van der Waals surface area contributed by atoms with Crippen molar-refractivity contribution in [2.24, 2.45) is 7.05 Å². The summed E-state index contributed by atoms with van der Waals surface area (Å²) in [4.78, 5) is 12.9. The number of halogens is 10. The Labute approximate surface area is 121 Å². The number of H-pyrrole nitrogens is 1. The standard InChI is InChI=1S/C4HF10O2P.C4H6N2/c5-1(6,7)3(11,12)17(15,16)4(13,14)2(8,9)10;1-6-3-2-5-4-6/h(H,15,16);2-4H,1H3. The van der Waals surface area contributed by atoms with Gasteiger partial charge in [-0.05, 0) is 0 Å². The van der Waals surface area contributed by atoms with E-state index in [1.165, 1.54) is 0 Å². The third-order valence-corrected chi connectivity index (χ3v) is 4.09. The topological polar surface area (TPSA) is 59.8 Å². The van der Waals surface area contributed by atoms with Gasteiger partial charge in [0.2, 0.25) is 6.33 Å². The molecule has 0 amide bonds. The van der Waals surface area contributed by atoms with Crippen LogP contribution < -0.4 is 9.46 Å². The molecule has 23 heavy (non-hydrogen) atoms. The molecule has 0 saturated heterocycles. The maximum Gasteiger partial charge on any atom is 0.459 e. The van der Waals surface area contributed by atoms with E-state index >= 15 is 0 Å². The lowest BCUT2D eigenvalue weighted by molar-refractivity contribution is -0.670. The van der Waals surface area contributed by atoms with Crippen LogP contribution in [0.15, 0.2) is 18.7 Å². The SMILES string of the molecule is C[n+]1cc[nH]c1.O=P([O-])(C(F)(F)C(F)(F)F)C(F)(F)C(F)(F)F. The first-order chi connectivity index (χ1) is 9.89. The van der Waals surface area contributed by atoms with Crippen LogP contribution in [-0.4, -0.2) is 28.7 Å². The summed E-state index contributed by atoms with van der Waals surface area (Å²) in [6, 6.07) is 0. The van der Waals surface area contributed by atoms with Gasteiger partial charge in [-0.3, -0.25) is 4.98 Å². The van der Waals surface area contributed by atoms with Gasteiger partial charge in [0.05, 0.1) is 7.05 Å². The molecule has 0 atom stereocenters. The molecule has 0 spiro atoms. The zero-order valence-electron chi connectivity index (χ0n) is 10.7. The third kappa shape index (κ3) is 4.16. The van der Waals surface area contributed by atoms with E-state index in [0.29, 0.717) is 0 Å². The Balaban J connectivity index is 0.000000664.